The van der Waals surface area contributed by atoms with Crippen LogP contribution in [-0.4, -0.2) is 5.91 Å². The predicted molar refractivity (Wildman–Crippen MR) is 96.1 cm³/mol. The third-order valence-electron chi connectivity index (χ3n) is 3.20. The molecule has 2 N–H and O–H groups in total. The van der Waals surface area contributed by atoms with Crippen molar-refractivity contribution in [3.05, 3.63) is 90.2 Å². The van der Waals surface area contributed by atoms with Gasteiger partial charge in [-0.05, 0) is 29.3 Å². The van der Waals surface area contributed by atoms with Gasteiger partial charge in [0.2, 0.25) is 5.91 Å². The van der Waals surface area contributed by atoms with Crippen molar-refractivity contribution >= 4 is 20.5 Å². The summed E-state index contributed by atoms with van der Waals surface area (Å²) in [6, 6.07) is 23.7. The minimum Gasteiger partial charge on any atom is -0.366 e. The van der Waals surface area contributed by atoms with Gasteiger partial charge in [-0.3, -0.25) is 4.79 Å². The number of carbonyl (C=O) groups excluding carboxylic acids is 1. The van der Waals surface area contributed by atoms with E-state index in [-0.39, 0.29) is 11.7 Å². The highest BCUT2D eigenvalue weighted by Crippen LogP contribution is 2.19. The molecule has 0 spiro atoms. The maximum Gasteiger partial charge on any atom is 0.248 e. The summed E-state index contributed by atoms with van der Waals surface area (Å²) in [6.07, 6.45) is 0. The van der Waals surface area contributed by atoms with Crippen LogP contribution in [0.1, 0.15) is 10.4 Å². The summed E-state index contributed by atoms with van der Waals surface area (Å²) in [7, 11) is 2.44. The van der Waals surface area contributed by atoms with Crippen LogP contribution in [0.15, 0.2) is 78.9 Å². The summed E-state index contributed by atoms with van der Waals surface area (Å²) in [5.41, 5.74) is 7.49. The SMILES string of the molecule is Fc1cccc(-c2ccccc2)c1P.NC(=O)c1ccccc1. The van der Waals surface area contributed by atoms with Crippen LogP contribution in [0.25, 0.3) is 11.1 Å². The minimum atomic E-state index is -0.379. The second-order valence-corrected chi connectivity index (χ2v) is 5.37. The molecule has 0 saturated heterocycles. The molecular formula is C19H17FNOP. The summed E-state index contributed by atoms with van der Waals surface area (Å²) >= 11 is 0. The van der Waals surface area contributed by atoms with Gasteiger partial charge in [0.25, 0.3) is 0 Å². The fourth-order valence-electron chi connectivity index (χ4n) is 2.01. The van der Waals surface area contributed by atoms with Gasteiger partial charge in [-0.25, -0.2) is 4.39 Å². The van der Waals surface area contributed by atoms with E-state index in [2.05, 4.69) is 9.24 Å². The third-order valence-corrected chi connectivity index (χ3v) is 3.78. The van der Waals surface area contributed by atoms with Crippen LogP contribution in [0.2, 0.25) is 0 Å². The molecule has 2 nitrogen and oxygen atoms in total. The molecule has 1 unspecified atom stereocenters. The van der Waals surface area contributed by atoms with E-state index in [1.807, 2.05) is 42.5 Å². The average molecular weight is 325 g/mol. The fraction of sp³-hybridized carbons (Fsp3) is 0. The summed E-state index contributed by atoms with van der Waals surface area (Å²) in [4.78, 5) is 10.4. The Morgan fingerprint density at radius 3 is 1.91 bits per heavy atom. The molecule has 4 heteroatoms. The van der Waals surface area contributed by atoms with E-state index in [4.69, 9.17) is 5.73 Å². The van der Waals surface area contributed by atoms with Gasteiger partial charge < -0.3 is 5.73 Å². The normalized spacial score (nSPS) is 9.65. The van der Waals surface area contributed by atoms with Gasteiger partial charge in [-0.15, -0.1) is 9.24 Å². The van der Waals surface area contributed by atoms with Crippen molar-refractivity contribution in [3.8, 4) is 11.1 Å². The van der Waals surface area contributed by atoms with Gasteiger partial charge in [-0.1, -0.05) is 60.7 Å². The standard InChI is InChI=1S/C12H10FP.C7H7NO/c13-11-8-4-7-10(12(11)14)9-5-2-1-3-6-9;8-7(9)6-4-2-1-3-5-6/h1-8H,14H2;1-5H,(H2,8,9). The van der Waals surface area contributed by atoms with Gasteiger partial charge in [0.05, 0.1) is 0 Å². The Morgan fingerprint density at radius 2 is 1.39 bits per heavy atom. The molecular weight excluding hydrogens is 308 g/mol. The van der Waals surface area contributed by atoms with Crippen molar-refractivity contribution in [1.29, 1.82) is 0 Å². The molecule has 0 aliphatic carbocycles. The number of halogens is 1. The molecule has 3 aromatic rings. The van der Waals surface area contributed by atoms with Crippen LogP contribution in [0, 0.1) is 5.82 Å². The Labute approximate surface area is 137 Å². The van der Waals surface area contributed by atoms with Crippen molar-refractivity contribution in [2.75, 3.05) is 0 Å². The summed E-state index contributed by atoms with van der Waals surface area (Å²) in [5, 5.41) is 0.624. The average Bonchev–Trinajstić information content (AvgIpc) is 2.59. The Morgan fingerprint density at radius 1 is 0.826 bits per heavy atom. The largest absolute Gasteiger partial charge is 0.366 e. The van der Waals surface area contributed by atoms with Crippen LogP contribution in [-0.2, 0) is 0 Å². The summed E-state index contributed by atoms with van der Waals surface area (Å²) in [5.74, 6) is -0.563. The lowest BCUT2D eigenvalue weighted by molar-refractivity contribution is 0.100. The van der Waals surface area contributed by atoms with Gasteiger partial charge in [0.15, 0.2) is 0 Å². The maximum absolute atomic E-state index is 13.2. The van der Waals surface area contributed by atoms with E-state index in [0.717, 1.165) is 11.1 Å². The number of nitrogens with two attached hydrogens (primary N) is 1. The van der Waals surface area contributed by atoms with Gasteiger partial charge in [0, 0.05) is 10.9 Å². The number of benzene rings is 3. The zero-order valence-corrected chi connectivity index (χ0v) is 13.6. The molecule has 3 aromatic carbocycles. The number of hydrogen-bond acceptors (Lipinski definition) is 1. The van der Waals surface area contributed by atoms with Crippen molar-refractivity contribution in [2.45, 2.75) is 0 Å². The molecule has 116 valence electrons. The fourth-order valence-corrected chi connectivity index (χ4v) is 2.37. The van der Waals surface area contributed by atoms with Crippen LogP contribution in [0.5, 0.6) is 0 Å². The molecule has 0 saturated carbocycles. The first-order valence-electron chi connectivity index (χ1n) is 7.04. The monoisotopic (exact) mass is 325 g/mol. The molecule has 0 bridgehead atoms. The molecule has 0 heterocycles. The van der Waals surface area contributed by atoms with E-state index in [0.29, 0.717) is 10.9 Å². The lowest BCUT2D eigenvalue weighted by atomic mass is 10.1. The van der Waals surface area contributed by atoms with Gasteiger partial charge in [-0.2, -0.15) is 0 Å². The zero-order valence-electron chi connectivity index (χ0n) is 12.4. The highest BCUT2D eigenvalue weighted by molar-refractivity contribution is 7.28. The number of hydrogen-bond donors (Lipinski definition) is 1. The quantitative estimate of drug-likeness (QED) is 0.716. The predicted octanol–water partition coefficient (Wildman–Crippen LogP) is 3.78. The molecule has 1 amide bonds. The van der Waals surface area contributed by atoms with E-state index in [1.165, 1.54) is 6.07 Å². The lowest BCUT2D eigenvalue weighted by Crippen LogP contribution is -2.09. The zero-order chi connectivity index (χ0) is 16.7. The molecule has 1 atom stereocenters. The molecule has 0 aromatic heterocycles. The number of primary amides is 1. The first-order chi connectivity index (χ1) is 11.1. The Hall–Kier alpha value is -2.51. The lowest BCUT2D eigenvalue weighted by Gasteiger charge is -2.05. The topological polar surface area (TPSA) is 43.1 Å². The minimum absolute atomic E-state index is 0.184. The van der Waals surface area contributed by atoms with Crippen LogP contribution in [0.4, 0.5) is 4.39 Å². The Balaban J connectivity index is 0.000000185. The van der Waals surface area contributed by atoms with Crippen LogP contribution in [0.3, 0.4) is 0 Å². The maximum atomic E-state index is 13.2. The smallest absolute Gasteiger partial charge is 0.248 e. The third kappa shape index (κ3) is 4.73. The number of rotatable bonds is 2. The molecule has 0 fully saturated rings. The van der Waals surface area contributed by atoms with Crippen LogP contribution < -0.4 is 11.0 Å². The second-order valence-electron chi connectivity index (χ2n) is 4.80. The number of carbonyl (C=O) groups is 1. The Kier molecular flexibility index (Phi) is 6.02. The molecule has 23 heavy (non-hydrogen) atoms. The first kappa shape index (κ1) is 16.9. The van der Waals surface area contributed by atoms with Crippen molar-refractivity contribution in [1.82, 2.24) is 0 Å². The summed E-state index contributed by atoms with van der Waals surface area (Å²) < 4.78 is 13.2. The van der Waals surface area contributed by atoms with Crippen molar-refractivity contribution < 1.29 is 9.18 Å². The first-order valence-corrected chi connectivity index (χ1v) is 7.61. The highest BCUT2D eigenvalue weighted by Gasteiger charge is 2.04. The molecule has 3 rings (SSSR count). The Bertz CT molecular complexity index is 776. The van der Waals surface area contributed by atoms with Gasteiger partial charge >= 0.3 is 0 Å². The summed E-state index contributed by atoms with van der Waals surface area (Å²) in [6.45, 7) is 0. The molecule has 0 aliphatic heterocycles. The van der Waals surface area contributed by atoms with Gasteiger partial charge in [0.1, 0.15) is 5.82 Å². The molecule has 0 radical (unpaired) electrons. The van der Waals surface area contributed by atoms with E-state index >= 15 is 0 Å². The van der Waals surface area contributed by atoms with E-state index in [1.54, 1.807) is 30.3 Å². The van der Waals surface area contributed by atoms with Crippen molar-refractivity contribution in [3.63, 3.8) is 0 Å². The number of amides is 1. The highest BCUT2D eigenvalue weighted by atomic mass is 31.0. The van der Waals surface area contributed by atoms with E-state index in [9.17, 15) is 9.18 Å². The van der Waals surface area contributed by atoms with Crippen molar-refractivity contribution in [2.24, 2.45) is 5.73 Å². The van der Waals surface area contributed by atoms with Crippen LogP contribution >= 0.6 is 9.24 Å². The molecule has 0 aliphatic rings. The van der Waals surface area contributed by atoms with E-state index < -0.39 is 0 Å². The second kappa shape index (κ2) is 8.21.